The molecule has 2 aromatic heterocycles. The van der Waals surface area contributed by atoms with Crippen molar-refractivity contribution in [2.75, 3.05) is 6.54 Å². The van der Waals surface area contributed by atoms with Crippen LogP contribution in [0.5, 0.6) is 0 Å². The number of nitro groups is 1. The molecular weight excluding hydrogens is 276 g/mol. The first-order valence-electron chi connectivity index (χ1n) is 6.35. The van der Waals surface area contributed by atoms with Crippen LogP contribution in [0.15, 0.2) is 12.4 Å². The third-order valence-corrected chi connectivity index (χ3v) is 3.19. The maximum absolute atomic E-state index is 12.1. The molecule has 0 radical (unpaired) electrons. The van der Waals surface area contributed by atoms with E-state index in [1.54, 1.807) is 18.7 Å². The van der Waals surface area contributed by atoms with Crippen molar-refractivity contribution in [2.24, 2.45) is 7.05 Å². The Morgan fingerprint density at radius 1 is 1.48 bits per heavy atom. The van der Waals surface area contributed by atoms with E-state index in [1.165, 1.54) is 17.1 Å². The third kappa shape index (κ3) is 3.07. The number of carbonyl (C=O) groups is 1. The van der Waals surface area contributed by atoms with Crippen LogP contribution in [-0.4, -0.2) is 36.9 Å². The predicted octanol–water partition coefficient (Wildman–Crippen LogP) is 0.572. The molecule has 0 spiro atoms. The third-order valence-electron chi connectivity index (χ3n) is 3.19. The Hall–Kier alpha value is -2.71. The highest BCUT2D eigenvalue weighted by Crippen LogP contribution is 2.11. The molecule has 2 aromatic rings. The van der Waals surface area contributed by atoms with Crippen molar-refractivity contribution in [3.05, 3.63) is 39.5 Å². The Labute approximate surface area is 120 Å². The molecule has 0 unspecified atom stereocenters. The summed E-state index contributed by atoms with van der Waals surface area (Å²) in [7, 11) is 1.78. The fourth-order valence-corrected chi connectivity index (χ4v) is 2.04. The highest BCUT2D eigenvalue weighted by molar-refractivity contribution is 5.96. The monoisotopic (exact) mass is 292 g/mol. The fourth-order valence-electron chi connectivity index (χ4n) is 2.04. The zero-order valence-electron chi connectivity index (χ0n) is 12.0. The molecule has 0 aliphatic heterocycles. The molecule has 1 N–H and O–H groups in total. The van der Waals surface area contributed by atoms with E-state index in [4.69, 9.17) is 0 Å². The van der Waals surface area contributed by atoms with Crippen LogP contribution in [0.2, 0.25) is 0 Å². The molecule has 21 heavy (non-hydrogen) atoms. The Kier molecular flexibility index (Phi) is 4.01. The Morgan fingerprint density at radius 2 is 2.19 bits per heavy atom. The van der Waals surface area contributed by atoms with Crippen LogP contribution >= 0.6 is 0 Å². The van der Waals surface area contributed by atoms with Crippen LogP contribution in [-0.2, 0) is 13.6 Å². The summed E-state index contributed by atoms with van der Waals surface area (Å²) in [6.45, 7) is 4.29. The lowest BCUT2D eigenvalue weighted by molar-refractivity contribution is -0.385. The van der Waals surface area contributed by atoms with Gasteiger partial charge in [-0.05, 0) is 13.8 Å². The van der Waals surface area contributed by atoms with E-state index in [0.29, 0.717) is 24.3 Å². The normalized spacial score (nSPS) is 10.6. The number of hydrogen-bond acceptors (Lipinski definition) is 5. The number of rotatable bonds is 5. The minimum Gasteiger partial charge on any atom is -0.350 e. The summed E-state index contributed by atoms with van der Waals surface area (Å²) in [5, 5.41) is 21.3. The fraction of sp³-hybridized carbons (Fsp3) is 0.417. The van der Waals surface area contributed by atoms with Gasteiger partial charge in [-0.25, -0.2) is 0 Å². The second kappa shape index (κ2) is 5.73. The number of amides is 1. The smallest absolute Gasteiger partial charge is 0.306 e. The minimum absolute atomic E-state index is 0.0692. The lowest BCUT2D eigenvalue weighted by Gasteiger charge is -2.05. The van der Waals surface area contributed by atoms with Crippen molar-refractivity contribution in [2.45, 2.75) is 20.4 Å². The van der Waals surface area contributed by atoms with Gasteiger partial charge in [-0.1, -0.05) is 0 Å². The van der Waals surface area contributed by atoms with Gasteiger partial charge in [-0.2, -0.15) is 10.2 Å². The topological polar surface area (TPSA) is 108 Å². The summed E-state index contributed by atoms with van der Waals surface area (Å²) in [4.78, 5) is 22.1. The Balaban J connectivity index is 1.93. The van der Waals surface area contributed by atoms with E-state index in [9.17, 15) is 14.9 Å². The SMILES string of the molecule is Cc1nn(C)c(C)c1C(=O)NCCn1cc([N+](=O)[O-])cn1. The summed E-state index contributed by atoms with van der Waals surface area (Å²) in [6, 6.07) is 0. The molecule has 0 aliphatic rings. The summed E-state index contributed by atoms with van der Waals surface area (Å²) in [6.07, 6.45) is 2.50. The molecule has 0 bridgehead atoms. The van der Waals surface area contributed by atoms with Crippen LogP contribution in [0.25, 0.3) is 0 Å². The molecule has 1 amide bonds. The first-order valence-corrected chi connectivity index (χ1v) is 6.35. The van der Waals surface area contributed by atoms with Gasteiger partial charge in [0.25, 0.3) is 5.91 Å². The molecule has 0 aromatic carbocycles. The number of aryl methyl sites for hydroxylation is 2. The van der Waals surface area contributed by atoms with Gasteiger partial charge < -0.3 is 5.32 Å². The van der Waals surface area contributed by atoms with Crippen molar-refractivity contribution in [3.63, 3.8) is 0 Å². The van der Waals surface area contributed by atoms with E-state index in [2.05, 4.69) is 15.5 Å². The van der Waals surface area contributed by atoms with Crippen LogP contribution < -0.4 is 5.32 Å². The van der Waals surface area contributed by atoms with Gasteiger partial charge in [0.1, 0.15) is 12.4 Å². The van der Waals surface area contributed by atoms with Gasteiger partial charge in [-0.15, -0.1) is 0 Å². The number of hydrogen-bond donors (Lipinski definition) is 1. The van der Waals surface area contributed by atoms with Crippen molar-refractivity contribution in [1.82, 2.24) is 24.9 Å². The van der Waals surface area contributed by atoms with E-state index >= 15 is 0 Å². The van der Waals surface area contributed by atoms with Crippen molar-refractivity contribution < 1.29 is 9.72 Å². The van der Waals surface area contributed by atoms with Gasteiger partial charge in [0.15, 0.2) is 0 Å². The van der Waals surface area contributed by atoms with Gasteiger partial charge >= 0.3 is 5.69 Å². The molecule has 0 atom stereocenters. The van der Waals surface area contributed by atoms with Crippen LogP contribution in [0.1, 0.15) is 21.7 Å². The van der Waals surface area contributed by atoms with Crippen LogP contribution in [0, 0.1) is 24.0 Å². The summed E-state index contributed by atoms with van der Waals surface area (Å²) < 4.78 is 3.07. The van der Waals surface area contributed by atoms with Crippen LogP contribution in [0.4, 0.5) is 5.69 Å². The number of aromatic nitrogens is 4. The van der Waals surface area contributed by atoms with E-state index in [0.717, 1.165) is 5.69 Å². The Bertz CT molecular complexity index is 687. The zero-order chi connectivity index (χ0) is 15.6. The summed E-state index contributed by atoms with van der Waals surface area (Å²) in [5.41, 5.74) is 1.95. The van der Waals surface area contributed by atoms with Crippen molar-refractivity contribution in [1.29, 1.82) is 0 Å². The lowest BCUT2D eigenvalue weighted by atomic mass is 10.2. The molecule has 2 rings (SSSR count). The second-order valence-corrected chi connectivity index (χ2v) is 4.64. The average molecular weight is 292 g/mol. The maximum Gasteiger partial charge on any atom is 0.306 e. The molecule has 2 heterocycles. The standard InChI is InChI=1S/C12H16N6O3/c1-8-11(9(2)16(3)15-8)12(19)13-4-5-17-7-10(6-14-17)18(20)21/h6-7H,4-5H2,1-3H3,(H,13,19). The average Bonchev–Trinajstić information content (AvgIpc) is 2.96. The highest BCUT2D eigenvalue weighted by atomic mass is 16.6. The predicted molar refractivity (Wildman–Crippen MR) is 73.9 cm³/mol. The number of carbonyl (C=O) groups excluding carboxylic acids is 1. The summed E-state index contributed by atoms with van der Waals surface area (Å²) >= 11 is 0. The lowest BCUT2D eigenvalue weighted by Crippen LogP contribution is -2.28. The van der Waals surface area contributed by atoms with Gasteiger partial charge in [0, 0.05) is 19.3 Å². The van der Waals surface area contributed by atoms with Gasteiger partial charge in [-0.3, -0.25) is 24.3 Å². The van der Waals surface area contributed by atoms with E-state index in [1.807, 2.05) is 6.92 Å². The molecule has 0 fully saturated rings. The molecular formula is C12H16N6O3. The van der Waals surface area contributed by atoms with Gasteiger partial charge in [0.2, 0.25) is 0 Å². The molecule has 0 saturated carbocycles. The quantitative estimate of drug-likeness (QED) is 0.640. The first kappa shape index (κ1) is 14.7. The molecule has 112 valence electrons. The largest absolute Gasteiger partial charge is 0.350 e. The Morgan fingerprint density at radius 3 is 2.71 bits per heavy atom. The molecule has 0 saturated heterocycles. The highest BCUT2D eigenvalue weighted by Gasteiger charge is 2.16. The molecule has 9 nitrogen and oxygen atoms in total. The number of nitrogens with one attached hydrogen (secondary N) is 1. The molecule has 0 aliphatic carbocycles. The van der Waals surface area contributed by atoms with Gasteiger partial charge in [0.05, 0.1) is 22.7 Å². The summed E-state index contributed by atoms with van der Waals surface area (Å²) in [5.74, 6) is -0.209. The van der Waals surface area contributed by atoms with Crippen molar-refractivity contribution in [3.8, 4) is 0 Å². The van der Waals surface area contributed by atoms with E-state index in [-0.39, 0.29) is 11.6 Å². The van der Waals surface area contributed by atoms with Crippen LogP contribution in [0.3, 0.4) is 0 Å². The maximum atomic E-state index is 12.1. The first-order chi connectivity index (χ1) is 9.90. The van der Waals surface area contributed by atoms with Crippen molar-refractivity contribution >= 4 is 11.6 Å². The molecule has 9 heteroatoms. The second-order valence-electron chi connectivity index (χ2n) is 4.64. The van der Waals surface area contributed by atoms with E-state index < -0.39 is 4.92 Å². The minimum atomic E-state index is -0.509. The zero-order valence-corrected chi connectivity index (χ0v) is 12.0. The number of nitrogens with zero attached hydrogens (tertiary/aromatic N) is 5.